The first-order valence-electron chi connectivity index (χ1n) is 6.78. The van der Waals surface area contributed by atoms with Gasteiger partial charge < -0.3 is 10.0 Å². The van der Waals surface area contributed by atoms with E-state index in [-0.39, 0.29) is 6.61 Å². The van der Waals surface area contributed by atoms with Gasteiger partial charge in [0.1, 0.15) is 5.78 Å². The number of hydrogen-bond acceptors (Lipinski definition) is 3. The molecular formula is C15H19NO2. The van der Waals surface area contributed by atoms with Crippen LogP contribution in [0.2, 0.25) is 0 Å². The molecule has 2 aliphatic rings. The van der Waals surface area contributed by atoms with E-state index in [4.69, 9.17) is 5.11 Å². The van der Waals surface area contributed by atoms with E-state index in [2.05, 4.69) is 29.2 Å². The maximum absolute atomic E-state index is 11.6. The summed E-state index contributed by atoms with van der Waals surface area (Å²) in [4.78, 5) is 14.0. The van der Waals surface area contributed by atoms with Crippen molar-refractivity contribution in [2.24, 2.45) is 0 Å². The van der Waals surface area contributed by atoms with Crippen LogP contribution in [0.3, 0.4) is 0 Å². The van der Waals surface area contributed by atoms with Gasteiger partial charge in [-0.1, -0.05) is 12.1 Å². The Labute approximate surface area is 107 Å². The molecule has 0 spiro atoms. The van der Waals surface area contributed by atoms with Crippen LogP contribution < -0.4 is 4.90 Å². The number of ketones is 1. The molecule has 0 saturated carbocycles. The fraction of sp³-hybridized carbons (Fsp3) is 0.533. The Morgan fingerprint density at radius 1 is 1.11 bits per heavy atom. The number of nitrogens with zero attached hydrogens (tertiary/aromatic N) is 1. The summed E-state index contributed by atoms with van der Waals surface area (Å²) in [5.74, 6) is 0.427. The van der Waals surface area contributed by atoms with Gasteiger partial charge in [-0.05, 0) is 37.0 Å². The third-order valence-electron chi connectivity index (χ3n) is 4.18. The van der Waals surface area contributed by atoms with E-state index in [0.717, 1.165) is 25.7 Å². The molecule has 2 fully saturated rings. The molecule has 1 aromatic carbocycles. The summed E-state index contributed by atoms with van der Waals surface area (Å²) in [6, 6.07) is 9.26. The van der Waals surface area contributed by atoms with Gasteiger partial charge in [-0.15, -0.1) is 0 Å². The van der Waals surface area contributed by atoms with E-state index in [1.165, 1.54) is 11.3 Å². The van der Waals surface area contributed by atoms with E-state index in [1.807, 2.05) is 0 Å². The lowest BCUT2D eigenvalue weighted by Crippen LogP contribution is -2.43. The van der Waals surface area contributed by atoms with E-state index in [1.54, 1.807) is 0 Å². The van der Waals surface area contributed by atoms with Gasteiger partial charge >= 0.3 is 0 Å². The fourth-order valence-corrected chi connectivity index (χ4v) is 3.36. The molecule has 2 unspecified atom stereocenters. The zero-order valence-electron chi connectivity index (χ0n) is 10.5. The van der Waals surface area contributed by atoms with Gasteiger partial charge in [-0.25, -0.2) is 0 Å². The average molecular weight is 245 g/mol. The highest BCUT2D eigenvalue weighted by Gasteiger charge is 2.39. The Morgan fingerprint density at radius 3 is 2.28 bits per heavy atom. The summed E-state index contributed by atoms with van der Waals surface area (Å²) >= 11 is 0. The Kier molecular flexibility index (Phi) is 3.08. The molecule has 2 aliphatic heterocycles. The molecular weight excluding hydrogens is 226 g/mol. The first kappa shape index (κ1) is 11.7. The summed E-state index contributed by atoms with van der Waals surface area (Å²) in [7, 11) is 0. The summed E-state index contributed by atoms with van der Waals surface area (Å²) in [5.41, 5.74) is 2.40. The largest absolute Gasteiger partial charge is 0.396 e. The quantitative estimate of drug-likeness (QED) is 0.884. The van der Waals surface area contributed by atoms with Gasteiger partial charge in [0.25, 0.3) is 0 Å². The van der Waals surface area contributed by atoms with E-state index >= 15 is 0 Å². The molecule has 0 radical (unpaired) electrons. The second-order valence-electron chi connectivity index (χ2n) is 5.38. The van der Waals surface area contributed by atoms with Crippen LogP contribution in [0.4, 0.5) is 5.69 Å². The van der Waals surface area contributed by atoms with Gasteiger partial charge in [0.05, 0.1) is 0 Å². The molecule has 1 N–H and O–H groups in total. The van der Waals surface area contributed by atoms with Gasteiger partial charge in [0.2, 0.25) is 0 Å². The normalized spacial score (nSPS) is 26.7. The standard InChI is InChI=1S/C15H19NO2/c17-8-7-11-1-3-12(4-2-11)16-13-5-6-14(16)10-15(18)9-13/h1-4,13-14,17H,5-10H2. The predicted molar refractivity (Wildman–Crippen MR) is 70.8 cm³/mol. The Morgan fingerprint density at radius 2 is 1.72 bits per heavy atom. The van der Waals surface area contributed by atoms with Crippen LogP contribution in [-0.4, -0.2) is 29.6 Å². The number of anilines is 1. The molecule has 3 heteroatoms. The number of piperidine rings is 1. The number of Topliss-reactive ketones (excluding diaryl/α,β-unsaturated/α-hetero) is 1. The Bertz CT molecular complexity index is 424. The number of aliphatic hydroxyl groups is 1. The number of fused-ring (bicyclic) bond motifs is 2. The lowest BCUT2D eigenvalue weighted by atomic mass is 10.00. The number of benzene rings is 1. The molecule has 2 bridgehead atoms. The molecule has 0 aliphatic carbocycles. The summed E-state index contributed by atoms with van der Waals surface area (Å²) in [6.45, 7) is 0.197. The molecule has 2 heterocycles. The maximum Gasteiger partial charge on any atom is 0.137 e. The molecule has 1 aromatic rings. The second-order valence-corrected chi connectivity index (χ2v) is 5.38. The van der Waals surface area contributed by atoms with Crippen molar-refractivity contribution >= 4 is 11.5 Å². The Balaban J connectivity index is 1.80. The zero-order chi connectivity index (χ0) is 12.5. The highest BCUT2D eigenvalue weighted by atomic mass is 16.2. The number of carbonyl (C=O) groups is 1. The number of hydrogen-bond donors (Lipinski definition) is 1. The molecule has 0 amide bonds. The molecule has 3 rings (SSSR count). The highest BCUT2D eigenvalue weighted by Crippen LogP contribution is 2.37. The second kappa shape index (κ2) is 4.73. The van der Waals surface area contributed by atoms with Gasteiger partial charge in [0.15, 0.2) is 0 Å². The number of carbonyl (C=O) groups excluding carboxylic acids is 1. The van der Waals surface area contributed by atoms with Crippen molar-refractivity contribution in [2.75, 3.05) is 11.5 Å². The van der Waals surface area contributed by atoms with E-state index in [0.29, 0.717) is 24.3 Å². The van der Waals surface area contributed by atoms with E-state index < -0.39 is 0 Å². The fourth-order valence-electron chi connectivity index (χ4n) is 3.36. The van der Waals surface area contributed by atoms with Crippen molar-refractivity contribution in [3.63, 3.8) is 0 Å². The van der Waals surface area contributed by atoms with Crippen LogP contribution in [0.5, 0.6) is 0 Å². The topological polar surface area (TPSA) is 40.5 Å². The molecule has 2 saturated heterocycles. The smallest absolute Gasteiger partial charge is 0.137 e. The van der Waals surface area contributed by atoms with Crippen molar-refractivity contribution in [3.05, 3.63) is 29.8 Å². The lowest BCUT2D eigenvalue weighted by molar-refractivity contribution is -0.120. The molecule has 3 nitrogen and oxygen atoms in total. The maximum atomic E-state index is 11.6. The van der Waals surface area contributed by atoms with Crippen molar-refractivity contribution in [1.82, 2.24) is 0 Å². The van der Waals surface area contributed by atoms with Crippen LogP contribution in [0.15, 0.2) is 24.3 Å². The predicted octanol–water partition coefficient (Wildman–Crippen LogP) is 1.92. The third-order valence-corrected chi connectivity index (χ3v) is 4.18. The average Bonchev–Trinajstić information content (AvgIpc) is 2.64. The van der Waals surface area contributed by atoms with Crippen molar-refractivity contribution in [2.45, 2.75) is 44.2 Å². The minimum atomic E-state index is 0.197. The zero-order valence-corrected chi connectivity index (χ0v) is 10.5. The lowest BCUT2D eigenvalue weighted by Gasteiger charge is -2.36. The molecule has 18 heavy (non-hydrogen) atoms. The number of rotatable bonds is 3. The van der Waals surface area contributed by atoms with E-state index in [9.17, 15) is 4.79 Å². The first-order chi connectivity index (χ1) is 8.78. The van der Waals surface area contributed by atoms with Gasteiger partial charge in [0, 0.05) is 37.2 Å². The summed E-state index contributed by atoms with van der Waals surface area (Å²) in [6.07, 6.45) is 4.44. The highest BCUT2D eigenvalue weighted by molar-refractivity contribution is 5.83. The minimum Gasteiger partial charge on any atom is -0.396 e. The third kappa shape index (κ3) is 2.03. The van der Waals surface area contributed by atoms with Crippen LogP contribution >= 0.6 is 0 Å². The van der Waals surface area contributed by atoms with Crippen LogP contribution in [-0.2, 0) is 11.2 Å². The van der Waals surface area contributed by atoms with Crippen molar-refractivity contribution in [1.29, 1.82) is 0 Å². The SMILES string of the molecule is O=C1CC2CCC(C1)N2c1ccc(CCO)cc1. The minimum absolute atomic E-state index is 0.197. The van der Waals surface area contributed by atoms with Crippen LogP contribution in [0, 0.1) is 0 Å². The molecule has 96 valence electrons. The first-order valence-corrected chi connectivity index (χ1v) is 6.78. The van der Waals surface area contributed by atoms with Crippen LogP contribution in [0.25, 0.3) is 0 Å². The monoisotopic (exact) mass is 245 g/mol. The summed E-state index contributed by atoms with van der Waals surface area (Å²) < 4.78 is 0. The van der Waals surface area contributed by atoms with Gasteiger partial charge in [-0.2, -0.15) is 0 Å². The summed E-state index contributed by atoms with van der Waals surface area (Å²) in [5, 5.41) is 8.91. The number of aliphatic hydroxyl groups excluding tert-OH is 1. The molecule has 0 aromatic heterocycles. The van der Waals surface area contributed by atoms with Crippen LogP contribution in [0.1, 0.15) is 31.2 Å². The molecule has 2 atom stereocenters. The van der Waals surface area contributed by atoms with Crippen molar-refractivity contribution in [3.8, 4) is 0 Å². The van der Waals surface area contributed by atoms with Crippen molar-refractivity contribution < 1.29 is 9.90 Å². The van der Waals surface area contributed by atoms with Gasteiger partial charge in [-0.3, -0.25) is 4.79 Å². The Hall–Kier alpha value is -1.35.